The Morgan fingerprint density at radius 1 is 1.27 bits per heavy atom. The summed E-state index contributed by atoms with van der Waals surface area (Å²) in [6, 6.07) is 15.0. The Labute approximate surface area is 230 Å². The van der Waals surface area contributed by atoms with Crippen LogP contribution in [0.4, 0.5) is 15.8 Å². The maximum Gasteiger partial charge on any atom is 0.274 e. The van der Waals surface area contributed by atoms with Gasteiger partial charge in [0.15, 0.2) is 5.82 Å². The number of nitrogens with one attached hydrogen (secondary N) is 2. The number of pyridine rings is 1. The fourth-order valence-corrected chi connectivity index (χ4v) is 4.64. The Balaban J connectivity index is 1.51. The van der Waals surface area contributed by atoms with Gasteiger partial charge in [-0.2, -0.15) is 5.26 Å². The zero-order chi connectivity index (χ0) is 28.1. The van der Waals surface area contributed by atoms with Crippen molar-refractivity contribution < 1.29 is 19.0 Å². The number of hydrogen-bond donors (Lipinski definition) is 3. The second-order valence-corrected chi connectivity index (χ2v) is 9.08. The highest BCUT2D eigenvalue weighted by atomic mass is 19.1. The van der Waals surface area contributed by atoms with Crippen LogP contribution in [-0.2, 0) is 0 Å². The molecule has 4 aromatic rings. The van der Waals surface area contributed by atoms with E-state index in [-0.39, 0.29) is 35.5 Å². The van der Waals surface area contributed by atoms with Crippen LogP contribution in [0.1, 0.15) is 16.1 Å². The largest absolute Gasteiger partial charge is 0.496 e. The number of aliphatic hydroxyl groups is 1. The quantitative estimate of drug-likeness (QED) is 0.323. The molecule has 10 nitrogen and oxygen atoms in total. The van der Waals surface area contributed by atoms with Gasteiger partial charge in [-0.25, -0.2) is 14.4 Å². The van der Waals surface area contributed by atoms with Crippen molar-refractivity contribution in [2.45, 2.75) is 6.04 Å². The number of benzene rings is 2. The normalized spacial score (nSPS) is 14.8. The number of methoxy groups -OCH3 is 1. The van der Waals surface area contributed by atoms with E-state index in [0.717, 1.165) is 5.56 Å². The molecule has 0 aliphatic carbocycles. The van der Waals surface area contributed by atoms with Gasteiger partial charge in [-0.05, 0) is 42.0 Å². The number of aliphatic hydroxyl groups excluding tert-OH is 1. The van der Waals surface area contributed by atoms with Gasteiger partial charge in [0.1, 0.15) is 17.3 Å². The third-order valence-corrected chi connectivity index (χ3v) is 6.62. The molecule has 1 amide bonds. The Bertz CT molecular complexity index is 1590. The van der Waals surface area contributed by atoms with Crippen molar-refractivity contribution in [1.29, 1.82) is 5.26 Å². The number of piperazine rings is 1. The van der Waals surface area contributed by atoms with Crippen molar-refractivity contribution in [1.82, 2.24) is 20.3 Å². The molecule has 2 aromatic carbocycles. The molecule has 3 heterocycles. The summed E-state index contributed by atoms with van der Waals surface area (Å²) in [6.45, 7) is 1.73. The molecule has 40 heavy (non-hydrogen) atoms. The summed E-state index contributed by atoms with van der Waals surface area (Å²) in [7, 11) is 1.42. The second-order valence-electron chi connectivity index (χ2n) is 9.08. The van der Waals surface area contributed by atoms with Gasteiger partial charge >= 0.3 is 0 Å². The lowest BCUT2D eigenvalue weighted by molar-refractivity contribution is 0.102. The standard InChI is InChI=1S/C29H26FN7O3/c1-40-26-4-2-3-22(30)27(26)28-34-10-8-24(35-28)29(39)36-23-6-5-18(21-15-32-9-7-19(21)14-31)13-25(23)37-12-11-33-20(16-37)17-38/h2-10,13,15,20,33,38H,11-12,16-17H2,1H3,(H,36,39). The first-order chi connectivity index (χ1) is 19.5. The monoisotopic (exact) mass is 539 g/mol. The zero-order valence-electron chi connectivity index (χ0n) is 21.6. The van der Waals surface area contributed by atoms with Gasteiger partial charge in [-0.3, -0.25) is 9.78 Å². The number of nitriles is 1. The summed E-state index contributed by atoms with van der Waals surface area (Å²) >= 11 is 0. The molecule has 1 aliphatic rings. The highest BCUT2D eigenvalue weighted by Gasteiger charge is 2.23. The number of carbonyl (C=O) groups excluding carboxylic acids is 1. The van der Waals surface area contributed by atoms with Crippen molar-refractivity contribution in [3.63, 3.8) is 0 Å². The van der Waals surface area contributed by atoms with Gasteiger partial charge in [-0.15, -0.1) is 0 Å². The van der Waals surface area contributed by atoms with Gasteiger partial charge in [0.2, 0.25) is 0 Å². The highest BCUT2D eigenvalue weighted by molar-refractivity contribution is 6.05. The number of aromatic nitrogens is 3. The van der Waals surface area contributed by atoms with E-state index in [1.165, 1.54) is 31.5 Å². The van der Waals surface area contributed by atoms with Crippen LogP contribution in [0, 0.1) is 17.1 Å². The molecule has 5 rings (SSSR count). The van der Waals surface area contributed by atoms with E-state index in [1.807, 2.05) is 6.07 Å². The maximum atomic E-state index is 14.6. The van der Waals surface area contributed by atoms with E-state index >= 15 is 0 Å². The molecule has 2 aromatic heterocycles. The minimum Gasteiger partial charge on any atom is -0.496 e. The topological polar surface area (TPSA) is 136 Å². The molecule has 0 saturated carbocycles. The Morgan fingerprint density at radius 3 is 2.95 bits per heavy atom. The first-order valence-electron chi connectivity index (χ1n) is 12.6. The SMILES string of the molecule is COc1cccc(F)c1-c1nccc(C(=O)Nc2ccc(-c3cnccc3C#N)cc2N2CCNC(CO)C2)n1. The third-order valence-electron chi connectivity index (χ3n) is 6.62. The highest BCUT2D eigenvalue weighted by Crippen LogP contribution is 2.34. The number of nitrogens with zero attached hydrogens (tertiary/aromatic N) is 5. The van der Waals surface area contributed by atoms with Crippen molar-refractivity contribution in [2.24, 2.45) is 0 Å². The van der Waals surface area contributed by atoms with Crippen LogP contribution >= 0.6 is 0 Å². The average molecular weight is 540 g/mol. The minimum absolute atomic E-state index is 0.0201. The number of ether oxygens (including phenoxy) is 1. The number of hydrogen-bond acceptors (Lipinski definition) is 9. The third kappa shape index (κ3) is 5.44. The van der Waals surface area contributed by atoms with Gasteiger partial charge in [0, 0.05) is 49.8 Å². The van der Waals surface area contributed by atoms with Crippen LogP contribution in [0.5, 0.6) is 5.75 Å². The molecule has 0 radical (unpaired) electrons. The van der Waals surface area contributed by atoms with Crippen LogP contribution in [0.2, 0.25) is 0 Å². The number of amides is 1. The van der Waals surface area contributed by atoms with Crippen molar-refractivity contribution in [2.75, 3.05) is 43.6 Å². The molecule has 1 saturated heterocycles. The molecule has 0 bridgehead atoms. The van der Waals surface area contributed by atoms with Crippen LogP contribution in [-0.4, -0.2) is 65.4 Å². The van der Waals surface area contributed by atoms with Crippen molar-refractivity contribution in [3.05, 3.63) is 84.2 Å². The smallest absolute Gasteiger partial charge is 0.274 e. The van der Waals surface area contributed by atoms with Crippen LogP contribution in [0.3, 0.4) is 0 Å². The molecule has 1 atom stereocenters. The lowest BCUT2D eigenvalue weighted by Gasteiger charge is -2.35. The molecule has 1 aliphatic heterocycles. The molecule has 0 spiro atoms. The van der Waals surface area contributed by atoms with Gasteiger partial charge in [0.05, 0.1) is 42.3 Å². The molecule has 1 unspecified atom stereocenters. The predicted octanol–water partition coefficient (Wildman–Crippen LogP) is 3.25. The Hall–Kier alpha value is -4.92. The van der Waals surface area contributed by atoms with E-state index < -0.39 is 11.7 Å². The lowest BCUT2D eigenvalue weighted by atomic mass is 10.0. The Kier molecular flexibility index (Phi) is 7.91. The van der Waals surface area contributed by atoms with E-state index in [1.54, 1.807) is 36.7 Å². The molecule has 11 heteroatoms. The van der Waals surface area contributed by atoms with Gasteiger partial charge in [-0.1, -0.05) is 12.1 Å². The zero-order valence-corrected chi connectivity index (χ0v) is 21.6. The maximum absolute atomic E-state index is 14.6. The summed E-state index contributed by atoms with van der Waals surface area (Å²) in [5.74, 6) is -0.814. The number of rotatable bonds is 7. The van der Waals surface area contributed by atoms with E-state index in [2.05, 4.69) is 36.6 Å². The summed E-state index contributed by atoms with van der Waals surface area (Å²) in [5, 5.41) is 25.5. The summed E-state index contributed by atoms with van der Waals surface area (Å²) in [4.78, 5) is 28.1. The fraction of sp³-hybridized carbons (Fsp3) is 0.207. The predicted molar refractivity (Wildman–Crippen MR) is 147 cm³/mol. The molecule has 1 fully saturated rings. The van der Waals surface area contributed by atoms with Crippen molar-refractivity contribution >= 4 is 17.3 Å². The van der Waals surface area contributed by atoms with E-state index in [4.69, 9.17) is 4.74 Å². The summed E-state index contributed by atoms with van der Waals surface area (Å²) in [6.07, 6.45) is 4.58. The first-order valence-corrected chi connectivity index (χ1v) is 12.6. The first kappa shape index (κ1) is 26.7. The fourth-order valence-electron chi connectivity index (χ4n) is 4.64. The van der Waals surface area contributed by atoms with E-state index in [0.29, 0.717) is 42.1 Å². The number of halogens is 1. The average Bonchev–Trinajstić information content (AvgIpc) is 3.01. The number of carbonyl (C=O) groups is 1. The minimum atomic E-state index is -0.570. The summed E-state index contributed by atoms with van der Waals surface area (Å²) < 4.78 is 19.9. The van der Waals surface area contributed by atoms with Gasteiger partial charge < -0.3 is 25.4 Å². The van der Waals surface area contributed by atoms with Crippen molar-refractivity contribution in [3.8, 4) is 34.3 Å². The van der Waals surface area contributed by atoms with Crippen LogP contribution < -0.4 is 20.3 Å². The summed E-state index contributed by atoms with van der Waals surface area (Å²) in [5.41, 5.74) is 3.22. The molecule has 202 valence electrons. The molecular weight excluding hydrogens is 513 g/mol. The molecule has 3 N–H and O–H groups in total. The van der Waals surface area contributed by atoms with Crippen LogP contribution in [0.15, 0.2) is 67.1 Å². The lowest BCUT2D eigenvalue weighted by Crippen LogP contribution is -2.52. The number of anilines is 2. The molecular formula is C29H26FN7O3. The van der Waals surface area contributed by atoms with E-state index in [9.17, 15) is 19.6 Å². The van der Waals surface area contributed by atoms with Gasteiger partial charge in [0.25, 0.3) is 5.91 Å². The second kappa shape index (κ2) is 11.9. The van der Waals surface area contributed by atoms with Crippen LogP contribution in [0.25, 0.3) is 22.5 Å². The Morgan fingerprint density at radius 2 is 2.15 bits per heavy atom.